The summed E-state index contributed by atoms with van der Waals surface area (Å²) in [7, 11) is 5.87. The largest absolute Gasteiger partial charge is 0.345 e. The number of pyridine rings is 2. The van der Waals surface area contributed by atoms with E-state index >= 15 is 0 Å². The third-order valence-corrected chi connectivity index (χ3v) is 3.75. The van der Waals surface area contributed by atoms with E-state index in [0.717, 1.165) is 29.1 Å². The smallest absolute Gasteiger partial charge is 0.253 e. The Labute approximate surface area is 140 Å². The molecule has 3 aromatic heterocycles. The summed E-state index contributed by atoms with van der Waals surface area (Å²) in [5.41, 5.74) is 3.28. The summed E-state index contributed by atoms with van der Waals surface area (Å²) in [6, 6.07) is 5.52. The van der Waals surface area contributed by atoms with Crippen molar-refractivity contribution in [3.05, 3.63) is 53.9 Å². The van der Waals surface area contributed by atoms with Crippen LogP contribution in [0.2, 0.25) is 0 Å². The maximum absolute atomic E-state index is 12.3. The molecule has 0 aliphatic rings. The molecule has 0 saturated carbocycles. The highest BCUT2D eigenvalue weighted by atomic mass is 16.1. The third kappa shape index (κ3) is 3.41. The summed E-state index contributed by atoms with van der Waals surface area (Å²) in [6.45, 7) is 1.10. The number of aryl methyl sites for hydroxylation is 1. The van der Waals surface area contributed by atoms with Gasteiger partial charge in [-0.05, 0) is 32.3 Å². The molecule has 24 heavy (non-hydrogen) atoms. The first-order valence-corrected chi connectivity index (χ1v) is 7.68. The summed E-state index contributed by atoms with van der Waals surface area (Å²) >= 11 is 0. The minimum atomic E-state index is -0.163. The molecule has 3 rings (SSSR count). The summed E-state index contributed by atoms with van der Waals surface area (Å²) in [5.74, 6) is 0.618. The number of rotatable bonds is 5. The van der Waals surface area contributed by atoms with Gasteiger partial charge in [-0.15, -0.1) is 0 Å². The van der Waals surface area contributed by atoms with Crippen LogP contribution in [0.5, 0.6) is 0 Å². The van der Waals surface area contributed by atoms with Gasteiger partial charge in [0, 0.05) is 26.0 Å². The molecule has 1 N–H and O–H groups in total. The molecule has 0 aromatic carbocycles. The topological polar surface area (TPSA) is 75.9 Å². The van der Waals surface area contributed by atoms with Gasteiger partial charge >= 0.3 is 0 Å². The van der Waals surface area contributed by atoms with Gasteiger partial charge in [0.05, 0.1) is 35.0 Å². The number of imidazole rings is 1. The van der Waals surface area contributed by atoms with Crippen LogP contribution in [0, 0.1) is 0 Å². The predicted molar refractivity (Wildman–Crippen MR) is 91.3 cm³/mol. The van der Waals surface area contributed by atoms with E-state index in [1.165, 1.54) is 0 Å². The van der Waals surface area contributed by atoms with Crippen LogP contribution in [0.15, 0.2) is 36.8 Å². The number of carbonyl (C=O) groups is 1. The summed E-state index contributed by atoms with van der Waals surface area (Å²) in [4.78, 5) is 27.2. The first kappa shape index (κ1) is 16.1. The molecule has 0 aliphatic carbocycles. The molecule has 0 bridgehead atoms. The average Bonchev–Trinajstić information content (AvgIpc) is 2.89. The van der Waals surface area contributed by atoms with Gasteiger partial charge in [-0.25, -0.2) is 4.98 Å². The Morgan fingerprint density at radius 3 is 2.75 bits per heavy atom. The maximum atomic E-state index is 12.3. The van der Waals surface area contributed by atoms with E-state index < -0.39 is 0 Å². The van der Waals surface area contributed by atoms with Crippen molar-refractivity contribution in [3.63, 3.8) is 0 Å². The number of amides is 1. The van der Waals surface area contributed by atoms with Crippen molar-refractivity contribution in [2.75, 3.05) is 14.1 Å². The fourth-order valence-electron chi connectivity index (χ4n) is 2.48. The highest BCUT2D eigenvalue weighted by Gasteiger charge is 2.11. The zero-order chi connectivity index (χ0) is 17.1. The number of hydrogen-bond acceptors (Lipinski definition) is 5. The van der Waals surface area contributed by atoms with Gasteiger partial charge in [0.25, 0.3) is 5.91 Å². The lowest BCUT2D eigenvalue weighted by Gasteiger charge is -2.09. The molecular formula is C17H20N6O. The Morgan fingerprint density at radius 2 is 2.08 bits per heavy atom. The van der Waals surface area contributed by atoms with Gasteiger partial charge in [-0.2, -0.15) is 0 Å². The van der Waals surface area contributed by atoms with E-state index in [1.807, 2.05) is 42.7 Å². The van der Waals surface area contributed by atoms with E-state index in [1.54, 1.807) is 24.7 Å². The minimum absolute atomic E-state index is 0.163. The third-order valence-electron chi connectivity index (χ3n) is 3.75. The Hall–Kier alpha value is -2.80. The Bertz CT molecular complexity index is 853. The van der Waals surface area contributed by atoms with Crippen LogP contribution in [-0.2, 0) is 20.1 Å². The lowest BCUT2D eigenvalue weighted by Crippen LogP contribution is -2.24. The van der Waals surface area contributed by atoms with E-state index in [4.69, 9.17) is 0 Å². The van der Waals surface area contributed by atoms with Crippen molar-refractivity contribution in [2.24, 2.45) is 7.05 Å². The molecular weight excluding hydrogens is 304 g/mol. The molecule has 0 fully saturated rings. The summed E-state index contributed by atoms with van der Waals surface area (Å²) < 4.78 is 1.93. The Balaban J connectivity index is 1.67. The molecule has 0 aliphatic heterocycles. The van der Waals surface area contributed by atoms with Crippen LogP contribution in [-0.4, -0.2) is 44.4 Å². The normalized spacial score (nSPS) is 11.2. The molecule has 0 spiro atoms. The lowest BCUT2D eigenvalue weighted by atomic mass is 10.2. The van der Waals surface area contributed by atoms with E-state index in [0.29, 0.717) is 12.1 Å². The predicted octanol–water partition coefficient (Wildman–Crippen LogP) is 1.35. The van der Waals surface area contributed by atoms with E-state index in [9.17, 15) is 4.79 Å². The molecule has 7 heteroatoms. The van der Waals surface area contributed by atoms with Gasteiger partial charge in [0.2, 0.25) is 0 Å². The van der Waals surface area contributed by atoms with Gasteiger partial charge in [-0.1, -0.05) is 0 Å². The highest BCUT2D eigenvalue weighted by Crippen LogP contribution is 2.12. The molecule has 0 atom stereocenters. The van der Waals surface area contributed by atoms with Crippen molar-refractivity contribution < 1.29 is 4.79 Å². The standard InChI is InChI=1S/C17H20N6O/c1-22(2)11-13-5-4-12(8-19-13)17(24)20-10-16-21-14-6-7-18-9-15(14)23(16)3/h4-9H,10-11H2,1-3H3,(H,20,24). The van der Waals surface area contributed by atoms with Gasteiger partial charge < -0.3 is 14.8 Å². The lowest BCUT2D eigenvalue weighted by molar-refractivity contribution is 0.0949. The highest BCUT2D eigenvalue weighted by molar-refractivity contribution is 5.93. The number of fused-ring (bicyclic) bond motifs is 1. The van der Waals surface area contributed by atoms with E-state index in [2.05, 4.69) is 20.3 Å². The van der Waals surface area contributed by atoms with Crippen molar-refractivity contribution in [1.82, 2.24) is 29.7 Å². The second kappa shape index (κ2) is 6.76. The number of nitrogens with one attached hydrogen (secondary N) is 1. The second-order valence-corrected chi connectivity index (χ2v) is 5.91. The van der Waals surface area contributed by atoms with Crippen LogP contribution in [0.4, 0.5) is 0 Å². The monoisotopic (exact) mass is 324 g/mol. The Kier molecular flexibility index (Phi) is 4.52. The zero-order valence-corrected chi connectivity index (χ0v) is 14.0. The quantitative estimate of drug-likeness (QED) is 0.767. The summed E-state index contributed by atoms with van der Waals surface area (Å²) in [6.07, 6.45) is 5.08. The molecule has 1 amide bonds. The number of nitrogens with zero attached hydrogens (tertiary/aromatic N) is 5. The van der Waals surface area contributed by atoms with Crippen LogP contribution in [0.3, 0.4) is 0 Å². The van der Waals surface area contributed by atoms with E-state index in [-0.39, 0.29) is 5.91 Å². The second-order valence-electron chi connectivity index (χ2n) is 5.91. The molecule has 0 saturated heterocycles. The zero-order valence-electron chi connectivity index (χ0n) is 14.0. The van der Waals surface area contributed by atoms with Crippen molar-refractivity contribution in [2.45, 2.75) is 13.1 Å². The Morgan fingerprint density at radius 1 is 1.25 bits per heavy atom. The molecule has 0 unspecified atom stereocenters. The van der Waals surface area contributed by atoms with Crippen LogP contribution in [0.25, 0.3) is 11.0 Å². The number of carbonyl (C=O) groups excluding carboxylic acids is 1. The van der Waals surface area contributed by atoms with Crippen LogP contribution in [0.1, 0.15) is 21.9 Å². The average molecular weight is 324 g/mol. The maximum Gasteiger partial charge on any atom is 0.253 e. The molecule has 3 heterocycles. The fourth-order valence-corrected chi connectivity index (χ4v) is 2.48. The van der Waals surface area contributed by atoms with Gasteiger partial charge in [0.1, 0.15) is 5.82 Å². The number of hydrogen-bond donors (Lipinski definition) is 1. The first-order chi connectivity index (χ1) is 11.5. The summed E-state index contributed by atoms with van der Waals surface area (Å²) in [5, 5.41) is 2.88. The van der Waals surface area contributed by atoms with Gasteiger partial charge in [0.15, 0.2) is 0 Å². The van der Waals surface area contributed by atoms with Crippen molar-refractivity contribution in [3.8, 4) is 0 Å². The molecule has 7 nitrogen and oxygen atoms in total. The number of aromatic nitrogens is 4. The molecule has 0 radical (unpaired) electrons. The minimum Gasteiger partial charge on any atom is -0.345 e. The SMILES string of the molecule is CN(C)Cc1ccc(C(=O)NCc2nc3ccncc3n2C)cn1. The molecule has 3 aromatic rings. The van der Waals surface area contributed by atoms with Crippen LogP contribution >= 0.6 is 0 Å². The first-order valence-electron chi connectivity index (χ1n) is 7.68. The van der Waals surface area contributed by atoms with Crippen molar-refractivity contribution in [1.29, 1.82) is 0 Å². The van der Waals surface area contributed by atoms with Crippen molar-refractivity contribution >= 4 is 16.9 Å². The fraction of sp³-hybridized carbons (Fsp3) is 0.294. The molecule has 124 valence electrons. The van der Waals surface area contributed by atoms with Crippen LogP contribution < -0.4 is 5.32 Å². The van der Waals surface area contributed by atoms with Gasteiger partial charge in [-0.3, -0.25) is 14.8 Å².